The second kappa shape index (κ2) is 20.1. The van der Waals surface area contributed by atoms with Crippen molar-refractivity contribution in [2.45, 2.75) is 155 Å². The van der Waals surface area contributed by atoms with Gasteiger partial charge < -0.3 is 29.7 Å². The van der Waals surface area contributed by atoms with Gasteiger partial charge in [-0.25, -0.2) is 4.79 Å². The highest BCUT2D eigenvalue weighted by atomic mass is 16.6. The number of piperidine rings is 1. The van der Waals surface area contributed by atoms with E-state index in [9.17, 15) is 34.5 Å². The summed E-state index contributed by atoms with van der Waals surface area (Å²) >= 11 is 0. The molecule has 3 N–H and O–H groups in total. The van der Waals surface area contributed by atoms with Crippen LogP contribution in [0.3, 0.4) is 0 Å². The van der Waals surface area contributed by atoms with E-state index in [4.69, 9.17) is 9.47 Å². The van der Waals surface area contributed by atoms with Crippen LogP contribution >= 0.6 is 0 Å². The Morgan fingerprint density at radius 3 is 2.29 bits per heavy atom. The van der Waals surface area contributed by atoms with Crippen LogP contribution in [0.5, 0.6) is 0 Å². The van der Waals surface area contributed by atoms with Crippen LogP contribution in [0, 0.1) is 41.4 Å². The largest absolute Gasteiger partial charge is 0.460 e. The van der Waals surface area contributed by atoms with Crippen molar-refractivity contribution in [3.8, 4) is 0 Å². The van der Waals surface area contributed by atoms with Crippen molar-refractivity contribution in [1.82, 2.24) is 4.90 Å². The minimum atomic E-state index is -2.32. The van der Waals surface area contributed by atoms with Gasteiger partial charge in [0.1, 0.15) is 17.9 Å². The molecule has 294 valence electrons. The van der Waals surface area contributed by atoms with E-state index in [0.717, 1.165) is 12.8 Å². The zero-order chi connectivity index (χ0) is 38.7. The van der Waals surface area contributed by atoms with Crippen molar-refractivity contribution in [1.29, 1.82) is 0 Å². The minimum Gasteiger partial charge on any atom is -0.460 e. The molecule has 1 saturated carbocycles. The Hall–Kier alpha value is -2.66. The van der Waals surface area contributed by atoms with E-state index in [-0.39, 0.29) is 60.9 Å². The van der Waals surface area contributed by atoms with Gasteiger partial charge in [-0.2, -0.15) is 0 Å². The van der Waals surface area contributed by atoms with Gasteiger partial charge >= 0.3 is 5.97 Å². The number of nitrogens with zero attached hydrogens (tertiary/aromatic N) is 1. The van der Waals surface area contributed by atoms with E-state index < -0.39 is 59.6 Å². The average molecular weight is 730 g/mol. The predicted octanol–water partition coefficient (Wildman–Crippen LogP) is 6.11. The van der Waals surface area contributed by atoms with Crippen LogP contribution in [0.1, 0.15) is 119 Å². The molecule has 2 saturated heterocycles. The van der Waals surface area contributed by atoms with Gasteiger partial charge in [0.25, 0.3) is 11.7 Å². The zero-order valence-electron chi connectivity index (χ0n) is 32.6. The van der Waals surface area contributed by atoms with Gasteiger partial charge in [-0.1, -0.05) is 58.9 Å². The Morgan fingerprint density at radius 2 is 1.67 bits per heavy atom. The van der Waals surface area contributed by atoms with Crippen molar-refractivity contribution in [3.63, 3.8) is 0 Å². The third-order valence-electron chi connectivity index (χ3n) is 12.2. The first kappa shape index (κ1) is 43.7. The lowest BCUT2D eigenvalue weighted by atomic mass is 9.74. The minimum absolute atomic E-state index is 0.0760. The van der Waals surface area contributed by atoms with E-state index >= 15 is 0 Å². The molecule has 10 heteroatoms. The number of ketones is 2. The zero-order valence-corrected chi connectivity index (χ0v) is 32.6. The number of allylic oxidation sites excluding steroid dienone is 3. The Balaban J connectivity index is 1.84. The number of Topliss-reactive ketones (excluding diaryl/α,β-unsaturated/α-hetero) is 2. The molecule has 0 aromatic heterocycles. The smallest absolute Gasteiger partial charge is 0.329 e. The molecule has 3 fully saturated rings. The number of carbonyl (C=O) groups is 4. The highest BCUT2D eigenvalue weighted by Crippen LogP contribution is 2.38. The van der Waals surface area contributed by atoms with Gasteiger partial charge in [0.2, 0.25) is 5.79 Å². The standard InChI is InChI=1S/C42H67NO9/c1-9-14-26(4)37-21-18-29(7)42(50,52-37)39(47)40(48)43-22-13-12-17-33(43)41(49)51-38(28(6)24-31-19-20-34(44)27(5)23-31)30(8)35(45)25-36(46)32(15-10-2)16-11-3/h9-11,14,26-35,37-38,44-45,50H,2-3,12-13,15-25H2,1,4-8H3/b14-9-/t26-,27+,28+,29+,30+,31+,33?,34+,35-,37-,38+,42+/m0/s1. The van der Waals surface area contributed by atoms with Crippen LogP contribution in [-0.4, -0.2) is 86.5 Å². The first-order valence-corrected chi connectivity index (χ1v) is 19.8. The molecule has 1 aliphatic carbocycles. The van der Waals surface area contributed by atoms with Crippen LogP contribution in [0.2, 0.25) is 0 Å². The third kappa shape index (κ3) is 11.0. The summed E-state index contributed by atoms with van der Waals surface area (Å²) in [4.78, 5) is 56.4. The monoisotopic (exact) mass is 729 g/mol. The SMILES string of the molecule is C=CCC(CC=C)C(=O)C[C@H](O)[C@@H](C)[C@H](OC(=O)C1CCCCN1C(=O)C(=O)[C@]1(O)O[C@H]([C@@H](C)/C=C\C)CC[C@H]1C)[C@H](C)C[C@@H]1CC[C@@H](O)[C@H](C)C1. The van der Waals surface area contributed by atoms with E-state index in [0.29, 0.717) is 51.4 Å². The molecule has 0 bridgehead atoms. The van der Waals surface area contributed by atoms with Gasteiger partial charge in [-0.15, -0.1) is 13.2 Å². The molecule has 0 aromatic rings. The summed E-state index contributed by atoms with van der Waals surface area (Å²) < 4.78 is 12.3. The Bertz CT molecular complexity index is 1260. The summed E-state index contributed by atoms with van der Waals surface area (Å²) in [6, 6.07) is -1.06. The quantitative estimate of drug-likeness (QED) is 0.0863. The number of likely N-dealkylation sites (tertiary alicyclic amines) is 1. The van der Waals surface area contributed by atoms with Crippen molar-refractivity contribution < 1.29 is 44.0 Å². The van der Waals surface area contributed by atoms with E-state index in [1.165, 1.54) is 4.90 Å². The predicted molar refractivity (Wildman–Crippen MR) is 201 cm³/mol. The molecule has 3 aliphatic rings. The average Bonchev–Trinajstić information content (AvgIpc) is 3.12. The molecule has 1 unspecified atom stereocenters. The van der Waals surface area contributed by atoms with Gasteiger partial charge in [0.15, 0.2) is 0 Å². The van der Waals surface area contributed by atoms with E-state index in [2.05, 4.69) is 13.2 Å². The maximum atomic E-state index is 14.2. The maximum absolute atomic E-state index is 14.2. The molecular formula is C42H67NO9. The number of amides is 1. The summed E-state index contributed by atoms with van der Waals surface area (Å²) in [6.45, 7) is 19.0. The second-order valence-corrected chi connectivity index (χ2v) is 16.2. The van der Waals surface area contributed by atoms with E-state index in [1.807, 2.05) is 39.8 Å². The molecule has 3 rings (SSSR count). The number of carbonyl (C=O) groups excluding carboxylic acids is 4. The lowest BCUT2D eigenvalue weighted by Gasteiger charge is -2.43. The summed E-state index contributed by atoms with van der Waals surface area (Å²) in [5.41, 5.74) is 0. The molecule has 10 nitrogen and oxygen atoms in total. The number of rotatable bonds is 18. The fraction of sp³-hybridized carbons (Fsp3) is 0.762. The van der Waals surface area contributed by atoms with Crippen LogP contribution in [0.4, 0.5) is 0 Å². The molecule has 12 atom stereocenters. The topological polar surface area (TPSA) is 151 Å². The number of aliphatic hydroxyl groups excluding tert-OH is 2. The van der Waals surface area contributed by atoms with Gasteiger partial charge in [-0.3, -0.25) is 14.4 Å². The number of ether oxygens (including phenoxy) is 2. The molecule has 0 radical (unpaired) electrons. The van der Waals surface area contributed by atoms with Gasteiger partial charge in [0.05, 0.1) is 18.3 Å². The number of hydrogen-bond donors (Lipinski definition) is 3. The second-order valence-electron chi connectivity index (χ2n) is 16.2. The summed E-state index contributed by atoms with van der Waals surface area (Å²) in [5, 5.41) is 33.4. The van der Waals surface area contributed by atoms with Crippen LogP contribution < -0.4 is 0 Å². The maximum Gasteiger partial charge on any atom is 0.329 e. The Morgan fingerprint density at radius 1 is 1.00 bits per heavy atom. The molecule has 1 amide bonds. The first-order chi connectivity index (χ1) is 24.6. The molecule has 2 aliphatic heterocycles. The number of hydrogen-bond acceptors (Lipinski definition) is 9. The molecule has 0 spiro atoms. The lowest BCUT2D eigenvalue weighted by molar-refractivity contribution is -0.267. The summed E-state index contributed by atoms with van der Waals surface area (Å²) in [5.74, 6) is -6.60. The van der Waals surface area contributed by atoms with Crippen LogP contribution in [-0.2, 0) is 28.7 Å². The summed E-state index contributed by atoms with van der Waals surface area (Å²) in [7, 11) is 0. The molecular weight excluding hydrogens is 662 g/mol. The van der Waals surface area contributed by atoms with Crippen molar-refractivity contribution >= 4 is 23.4 Å². The Labute approximate surface area is 312 Å². The molecule has 0 aromatic carbocycles. The molecule has 2 heterocycles. The van der Waals surface area contributed by atoms with E-state index in [1.54, 1.807) is 26.0 Å². The fourth-order valence-corrected chi connectivity index (χ4v) is 8.65. The Kier molecular flexibility index (Phi) is 16.9. The fourth-order valence-electron chi connectivity index (χ4n) is 8.65. The number of aliphatic hydroxyl groups is 3. The van der Waals surface area contributed by atoms with Gasteiger partial charge in [0, 0.05) is 36.6 Å². The van der Waals surface area contributed by atoms with Gasteiger partial charge in [-0.05, 0) is 95.3 Å². The van der Waals surface area contributed by atoms with Crippen LogP contribution in [0.15, 0.2) is 37.5 Å². The highest BCUT2D eigenvalue weighted by Gasteiger charge is 2.53. The first-order valence-electron chi connectivity index (χ1n) is 19.8. The third-order valence-corrected chi connectivity index (χ3v) is 12.2. The lowest BCUT2D eigenvalue weighted by Crippen LogP contribution is -2.61. The highest BCUT2D eigenvalue weighted by molar-refractivity contribution is 6.39. The number of esters is 1. The summed E-state index contributed by atoms with van der Waals surface area (Å²) in [6.07, 6.45) is 11.0. The van der Waals surface area contributed by atoms with Crippen molar-refractivity contribution in [3.05, 3.63) is 37.5 Å². The molecule has 52 heavy (non-hydrogen) atoms. The van der Waals surface area contributed by atoms with Crippen LogP contribution in [0.25, 0.3) is 0 Å². The van der Waals surface area contributed by atoms with Crippen molar-refractivity contribution in [2.75, 3.05) is 6.54 Å². The van der Waals surface area contributed by atoms with Crippen molar-refractivity contribution in [2.24, 2.45) is 41.4 Å². The normalized spacial score (nSPS) is 31.3.